The molecule has 0 bridgehead atoms. The number of aliphatic hydroxyl groups is 1. The number of fused-ring (bicyclic) bond motifs is 4. The number of epoxide rings is 1. The van der Waals surface area contributed by atoms with Crippen LogP contribution in [0.15, 0.2) is 0 Å². The number of carbonyl (C=O) groups excluding carboxylic acids is 2. The third-order valence-corrected chi connectivity index (χ3v) is 6.27. The molecule has 0 aromatic heterocycles. The Balaban J connectivity index is 1.77. The maximum atomic E-state index is 12.6. The minimum absolute atomic E-state index is 0.0245. The van der Waals surface area contributed by atoms with Crippen LogP contribution in [0.2, 0.25) is 0 Å². The van der Waals surface area contributed by atoms with Crippen LogP contribution in [0.1, 0.15) is 33.6 Å². The van der Waals surface area contributed by atoms with Crippen molar-refractivity contribution in [3.63, 3.8) is 0 Å². The van der Waals surface area contributed by atoms with E-state index in [2.05, 4.69) is 6.92 Å². The zero-order valence-electron chi connectivity index (χ0n) is 12.0. The molecule has 4 aliphatic rings. The summed E-state index contributed by atoms with van der Waals surface area (Å²) in [7, 11) is 0. The standard InChI is InChI=1S/C15H20O5/c1-6-8-10-7(15(3,18)13(17)20-10)4-5-14(8,2)12(16)11-9(6)19-11/h6-11,18H,4-5H2,1-3H3/t6-,7+,8+,9-,10+,11-,14+,15-/m0/s1. The molecule has 2 saturated carbocycles. The number of ether oxygens (including phenoxy) is 2. The Kier molecular flexibility index (Phi) is 2.20. The van der Waals surface area contributed by atoms with Gasteiger partial charge < -0.3 is 14.6 Å². The van der Waals surface area contributed by atoms with Crippen molar-refractivity contribution in [3.8, 4) is 0 Å². The maximum absolute atomic E-state index is 12.6. The van der Waals surface area contributed by atoms with Crippen molar-refractivity contribution in [2.24, 2.45) is 23.2 Å². The smallest absolute Gasteiger partial charge is 0.338 e. The van der Waals surface area contributed by atoms with E-state index in [0.29, 0.717) is 12.8 Å². The Bertz CT molecular complexity index is 512. The maximum Gasteiger partial charge on any atom is 0.338 e. The topological polar surface area (TPSA) is 76.1 Å². The van der Waals surface area contributed by atoms with Gasteiger partial charge in [0.1, 0.15) is 12.2 Å². The number of hydrogen-bond donors (Lipinski definition) is 1. The van der Waals surface area contributed by atoms with Gasteiger partial charge in [-0.2, -0.15) is 0 Å². The minimum Gasteiger partial charge on any atom is -0.459 e. The van der Waals surface area contributed by atoms with Crippen molar-refractivity contribution >= 4 is 11.8 Å². The molecular formula is C15H20O5. The van der Waals surface area contributed by atoms with E-state index in [1.165, 1.54) is 6.92 Å². The second-order valence-electron chi connectivity index (χ2n) is 7.35. The van der Waals surface area contributed by atoms with Gasteiger partial charge in [-0.05, 0) is 25.7 Å². The molecule has 2 aliphatic heterocycles. The lowest BCUT2D eigenvalue weighted by Crippen LogP contribution is -2.58. The zero-order chi connectivity index (χ0) is 14.4. The number of ketones is 1. The van der Waals surface area contributed by atoms with Crippen LogP contribution in [-0.2, 0) is 19.1 Å². The Labute approximate surface area is 117 Å². The number of Topliss-reactive ketones (excluding diaryl/α,β-unsaturated/α-hetero) is 1. The number of esters is 1. The minimum atomic E-state index is -1.42. The van der Waals surface area contributed by atoms with Crippen molar-refractivity contribution in [3.05, 3.63) is 0 Å². The van der Waals surface area contributed by atoms with Crippen molar-refractivity contribution in [1.29, 1.82) is 0 Å². The predicted molar refractivity (Wildman–Crippen MR) is 67.7 cm³/mol. The number of hydrogen-bond acceptors (Lipinski definition) is 5. The molecule has 0 amide bonds. The summed E-state index contributed by atoms with van der Waals surface area (Å²) in [5.41, 5.74) is -1.91. The van der Waals surface area contributed by atoms with Crippen molar-refractivity contribution in [2.75, 3.05) is 0 Å². The van der Waals surface area contributed by atoms with Crippen LogP contribution in [0.25, 0.3) is 0 Å². The predicted octanol–water partition coefficient (Wildman–Crippen LogP) is 0.681. The lowest BCUT2D eigenvalue weighted by atomic mass is 9.52. The van der Waals surface area contributed by atoms with Gasteiger partial charge in [0.15, 0.2) is 11.4 Å². The van der Waals surface area contributed by atoms with Crippen LogP contribution in [0, 0.1) is 23.2 Å². The number of carbonyl (C=O) groups is 2. The van der Waals surface area contributed by atoms with E-state index in [-0.39, 0.29) is 41.8 Å². The number of rotatable bonds is 0. The van der Waals surface area contributed by atoms with Gasteiger partial charge in [0, 0.05) is 17.3 Å². The first-order valence-corrected chi connectivity index (χ1v) is 7.41. The molecule has 20 heavy (non-hydrogen) atoms. The third-order valence-electron chi connectivity index (χ3n) is 6.27. The Morgan fingerprint density at radius 1 is 1.25 bits per heavy atom. The van der Waals surface area contributed by atoms with Gasteiger partial charge in [0.05, 0.1) is 6.10 Å². The third kappa shape index (κ3) is 1.26. The summed E-state index contributed by atoms with van der Waals surface area (Å²) in [6.45, 7) is 5.59. The van der Waals surface area contributed by atoms with E-state index in [0.717, 1.165) is 0 Å². The summed E-state index contributed by atoms with van der Waals surface area (Å²) in [4.78, 5) is 24.5. The van der Waals surface area contributed by atoms with E-state index in [4.69, 9.17) is 9.47 Å². The molecule has 2 heterocycles. The highest BCUT2D eigenvalue weighted by atomic mass is 16.6. The molecule has 0 spiro atoms. The molecule has 5 heteroatoms. The second kappa shape index (κ2) is 3.45. The summed E-state index contributed by atoms with van der Waals surface area (Å²) in [5.74, 6) is -0.465. The molecule has 0 radical (unpaired) electrons. The first-order chi connectivity index (χ1) is 9.28. The van der Waals surface area contributed by atoms with E-state index in [1.54, 1.807) is 0 Å². The van der Waals surface area contributed by atoms with Crippen LogP contribution < -0.4 is 0 Å². The molecule has 1 N–H and O–H groups in total. The Hall–Kier alpha value is -0.940. The SMILES string of the molecule is C[C@@H]1[C@@H]2O[C@@H]2C(=O)[C@]2(C)CC[C@@H]3[C@@H](OC(=O)[C@@]3(C)O)[C@@H]12. The van der Waals surface area contributed by atoms with Gasteiger partial charge in [0.25, 0.3) is 0 Å². The molecule has 8 atom stereocenters. The van der Waals surface area contributed by atoms with Gasteiger partial charge in [0.2, 0.25) is 0 Å². The summed E-state index contributed by atoms with van der Waals surface area (Å²) >= 11 is 0. The van der Waals surface area contributed by atoms with E-state index in [1.807, 2.05) is 6.92 Å². The summed E-state index contributed by atoms with van der Waals surface area (Å²) in [5, 5.41) is 10.4. The first-order valence-electron chi connectivity index (χ1n) is 7.41. The highest BCUT2D eigenvalue weighted by molar-refractivity contribution is 5.93. The molecule has 4 fully saturated rings. The van der Waals surface area contributed by atoms with Crippen molar-refractivity contribution < 1.29 is 24.2 Å². The fourth-order valence-corrected chi connectivity index (χ4v) is 4.98. The Morgan fingerprint density at radius 3 is 2.65 bits per heavy atom. The molecule has 0 unspecified atom stereocenters. The van der Waals surface area contributed by atoms with E-state index >= 15 is 0 Å². The van der Waals surface area contributed by atoms with Gasteiger partial charge in [-0.3, -0.25) is 4.79 Å². The summed E-state index contributed by atoms with van der Waals surface area (Å²) in [6.07, 6.45) is 0.706. The van der Waals surface area contributed by atoms with Crippen molar-refractivity contribution in [2.45, 2.75) is 57.5 Å². The van der Waals surface area contributed by atoms with Crippen LogP contribution in [-0.4, -0.2) is 40.8 Å². The van der Waals surface area contributed by atoms with E-state index < -0.39 is 17.0 Å². The van der Waals surface area contributed by atoms with Crippen LogP contribution in [0.5, 0.6) is 0 Å². The van der Waals surface area contributed by atoms with Crippen LogP contribution in [0.4, 0.5) is 0 Å². The normalized spacial score (nSPS) is 60.4. The first kappa shape index (κ1) is 12.8. The van der Waals surface area contributed by atoms with Crippen LogP contribution >= 0.6 is 0 Å². The molecule has 5 nitrogen and oxygen atoms in total. The van der Waals surface area contributed by atoms with E-state index in [9.17, 15) is 14.7 Å². The molecular weight excluding hydrogens is 260 g/mol. The molecule has 4 rings (SSSR count). The molecule has 0 aromatic carbocycles. The Morgan fingerprint density at radius 2 is 1.95 bits per heavy atom. The fourth-order valence-electron chi connectivity index (χ4n) is 4.98. The quantitative estimate of drug-likeness (QED) is 0.521. The van der Waals surface area contributed by atoms with Crippen molar-refractivity contribution in [1.82, 2.24) is 0 Å². The molecule has 2 aliphatic carbocycles. The average Bonchev–Trinajstić information content (AvgIpc) is 3.12. The fraction of sp³-hybridized carbons (Fsp3) is 0.867. The largest absolute Gasteiger partial charge is 0.459 e. The molecule has 0 aromatic rings. The molecule has 2 saturated heterocycles. The zero-order valence-corrected chi connectivity index (χ0v) is 12.0. The van der Waals surface area contributed by atoms with Gasteiger partial charge in [-0.25, -0.2) is 4.79 Å². The lowest BCUT2D eigenvalue weighted by molar-refractivity contribution is -0.160. The average molecular weight is 280 g/mol. The summed E-state index contributed by atoms with van der Waals surface area (Å²) in [6, 6.07) is 0. The van der Waals surface area contributed by atoms with Gasteiger partial charge in [-0.15, -0.1) is 0 Å². The highest BCUT2D eigenvalue weighted by Crippen LogP contribution is 2.60. The van der Waals surface area contributed by atoms with Gasteiger partial charge >= 0.3 is 5.97 Å². The second-order valence-corrected chi connectivity index (χ2v) is 7.35. The monoisotopic (exact) mass is 280 g/mol. The highest BCUT2D eigenvalue weighted by Gasteiger charge is 2.71. The lowest BCUT2D eigenvalue weighted by Gasteiger charge is -2.50. The molecule has 110 valence electrons. The van der Waals surface area contributed by atoms with Gasteiger partial charge in [-0.1, -0.05) is 13.8 Å². The van der Waals surface area contributed by atoms with Crippen LogP contribution in [0.3, 0.4) is 0 Å². The summed E-state index contributed by atoms with van der Waals surface area (Å²) < 4.78 is 11.0.